The van der Waals surface area contributed by atoms with Gasteiger partial charge in [0.15, 0.2) is 0 Å². The molecular weight excluding hydrogens is 166 g/mol. The van der Waals surface area contributed by atoms with Crippen molar-refractivity contribution in [1.82, 2.24) is 5.32 Å². The molecule has 1 aliphatic heterocycles. The van der Waals surface area contributed by atoms with Gasteiger partial charge in [-0.05, 0) is 12.1 Å². The van der Waals surface area contributed by atoms with Crippen LogP contribution in [0.3, 0.4) is 0 Å². The summed E-state index contributed by atoms with van der Waals surface area (Å²) >= 11 is 0. The molecule has 0 aliphatic carbocycles. The molecule has 1 amide bonds. The lowest BCUT2D eigenvalue weighted by molar-refractivity contribution is 0.0962. The van der Waals surface area contributed by atoms with Crippen molar-refractivity contribution in [2.45, 2.75) is 6.42 Å². The van der Waals surface area contributed by atoms with E-state index < -0.39 is 0 Å². The van der Waals surface area contributed by atoms with E-state index in [-0.39, 0.29) is 5.91 Å². The van der Waals surface area contributed by atoms with Gasteiger partial charge in [0.05, 0.1) is 6.61 Å². The van der Waals surface area contributed by atoms with Crippen molar-refractivity contribution >= 4 is 5.91 Å². The van der Waals surface area contributed by atoms with Gasteiger partial charge in [-0.3, -0.25) is 4.79 Å². The number of hydrogen-bond acceptors (Lipinski definition) is 2. The highest BCUT2D eigenvalue weighted by Gasteiger charge is 2.19. The number of rotatable bonds is 1. The minimum atomic E-state index is -0.0595. The normalized spacial score (nSPS) is 13.3. The van der Waals surface area contributed by atoms with Crippen LogP contribution in [0, 0.1) is 6.07 Å². The van der Waals surface area contributed by atoms with E-state index in [4.69, 9.17) is 4.74 Å². The molecule has 0 bridgehead atoms. The van der Waals surface area contributed by atoms with E-state index in [0.29, 0.717) is 12.2 Å². The minimum absolute atomic E-state index is 0.0595. The lowest BCUT2D eigenvalue weighted by Crippen LogP contribution is -2.19. The number of fused-ring (bicyclic) bond motifs is 1. The number of carbonyl (C=O) groups is 1. The van der Waals surface area contributed by atoms with Crippen molar-refractivity contribution < 1.29 is 9.53 Å². The summed E-state index contributed by atoms with van der Waals surface area (Å²) in [5.41, 5.74) is 1.68. The van der Waals surface area contributed by atoms with Crippen LogP contribution in [-0.4, -0.2) is 19.6 Å². The topological polar surface area (TPSA) is 38.3 Å². The third kappa shape index (κ3) is 1.26. The monoisotopic (exact) mass is 176 g/mol. The zero-order valence-electron chi connectivity index (χ0n) is 7.39. The van der Waals surface area contributed by atoms with Gasteiger partial charge in [0, 0.05) is 30.7 Å². The first-order chi connectivity index (χ1) is 6.33. The summed E-state index contributed by atoms with van der Waals surface area (Å²) in [4.78, 5) is 11.4. The fourth-order valence-corrected chi connectivity index (χ4v) is 1.49. The summed E-state index contributed by atoms with van der Waals surface area (Å²) in [6, 6.07) is 6.45. The molecule has 1 radical (unpaired) electrons. The van der Waals surface area contributed by atoms with Crippen molar-refractivity contribution in [3.63, 3.8) is 0 Å². The first kappa shape index (κ1) is 8.10. The van der Waals surface area contributed by atoms with E-state index in [9.17, 15) is 4.79 Å². The van der Waals surface area contributed by atoms with Gasteiger partial charge in [-0.15, -0.1) is 0 Å². The average molecular weight is 176 g/mol. The molecule has 1 aromatic rings. The van der Waals surface area contributed by atoms with Crippen molar-refractivity contribution in [1.29, 1.82) is 0 Å². The Hall–Kier alpha value is -1.51. The molecule has 1 heterocycles. The number of hydrogen-bond donors (Lipinski definition) is 1. The zero-order chi connectivity index (χ0) is 9.26. The molecule has 1 aromatic carbocycles. The van der Waals surface area contributed by atoms with Crippen LogP contribution in [0.15, 0.2) is 12.1 Å². The van der Waals surface area contributed by atoms with Gasteiger partial charge in [0.1, 0.15) is 5.75 Å². The SMILES string of the molecule is CNC(=O)c1cc[c]c2c1CCO2. The highest BCUT2D eigenvalue weighted by atomic mass is 16.5. The van der Waals surface area contributed by atoms with Crippen molar-refractivity contribution in [3.8, 4) is 5.75 Å². The predicted octanol–water partition coefficient (Wildman–Crippen LogP) is 0.781. The number of amides is 1. The van der Waals surface area contributed by atoms with Crippen LogP contribution in [0.25, 0.3) is 0 Å². The van der Waals surface area contributed by atoms with Crippen LogP contribution in [0.4, 0.5) is 0 Å². The van der Waals surface area contributed by atoms with Gasteiger partial charge in [-0.1, -0.05) is 0 Å². The molecule has 1 N–H and O–H groups in total. The highest BCUT2D eigenvalue weighted by Crippen LogP contribution is 2.27. The Morgan fingerprint density at radius 1 is 1.69 bits per heavy atom. The predicted molar refractivity (Wildman–Crippen MR) is 47.9 cm³/mol. The van der Waals surface area contributed by atoms with Crippen molar-refractivity contribution in [2.75, 3.05) is 13.7 Å². The lowest BCUT2D eigenvalue weighted by atomic mass is 10.0. The Morgan fingerprint density at radius 3 is 3.31 bits per heavy atom. The van der Waals surface area contributed by atoms with Gasteiger partial charge >= 0.3 is 0 Å². The molecule has 0 fully saturated rings. The molecule has 2 rings (SSSR count). The molecule has 67 valence electrons. The van der Waals surface area contributed by atoms with Gasteiger partial charge < -0.3 is 10.1 Å². The van der Waals surface area contributed by atoms with Crippen LogP contribution in [0.2, 0.25) is 0 Å². The first-order valence-electron chi connectivity index (χ1n) is 4.21. The smallest absolute Gasteiger partial charge is 0.251 e. The summed E-state index contributed by atoms with van der Waals surface area (Å²) in [7, 11) is 1.63. The van der Waals surface area contributed by atoms with E-state index in [1.807, 2.05) is 0 Å². The Morgan fingerprint density at radius 2 is 2.54 bits per heavy atom. The molecule has 3 heteroatoms. The second-order valence-corrected chi connectivity index (χ2v) is 2.88. The molecule has 0 unspecified atom stereocenters. The number of carbonyl (C=O) groups excluding carboxylic acids is 1. The average Bonchev–Trinajstić information content (AvgIpc) is 2.63. The lowest BCUT2D eigenvalue weighted by Gasteiger charge is -2.04. The van der Waals surface area contributed by atoms with Crippen LogP contribution in [0.1, 0.15) is 15.9 Å². The largest absolute Gasteiger partial charge is 0.492 e. The van der Waals surface area contributed by atoms with Crippen molar-refractivity contribution in [2.24, 2.45) is 0 Å². The van der Waals surface area contributed by atoms with E-state index >= 15 is 0 Å². The summed E-state index contributed by atoms with van der Waals surface area (Å²) in [5, 5.41) is 2.60. The molecule has 0 saturated carbocycles. The Bertz CT molecular complexity index is 347. The summed E-state index contributed by atoms with van der Waals surface area (Å²) < 4.78 is 5.30. The maximum Gasteiger partial charge on any atom is 0.251 e. The molecule has 13 heavy (non-hydrogen) atoms. The Balaban J connectivity index is 2.47. The zero-order valence-corrected chi connectivity index (χ0v) is 7.39. The summed E-state index contributed by atoms with van der Waals surface area (Å²) in [6.07, 6.45) is 0.801. The second-order valence-electron chi connectivity index (χ2n) is 2.88. The Kier molecular flexibility index (Phi) is 1.93. The number of ether oxygens (including phenoxy) is 1. The number of nitrogens with one attached hydrogen (secondary N) is 1. The van der Waals surface area contributed by atoms with E-state index in [0.717, 1.165) is 17.7 Å². The van der Waals surface area contributed by atoms with Crippen LogP contribution < -0.4 is 10.1 Å². The molecule has 1 aliphatic rings. The fraction of sp³-hybridized carbons (Fsp3) is 0.300. The number of benzene rings is 1. The first-order valence-corrected chi connectivity index (χ1v) is 4.21. The molecule has 0 atom stereocenters. The second kappa shape index (κ2) is 3.09. The van der Waals surface area contributed by atoms with Gasteiger partial charge in [0.2, 0.25) is 0 Å². The maximum atomic E-state index is 11.4. The third-order valence-electron chi connectivity index (χ3n) is 2.13. The summed E-state index contributed by atoms with van der Waals surface area (Å²) in [6.45, 7) is 0.653. The Labute approximate surface area is 76.7 Å². The third-order valence-corrected chi connectivity index (χ3v) is 2.13. The van der Waals surface area contributed by atoms with E-state index in [1.54, 1.807) is 19.2 Å². The standard InChI is InChI=1S/C10H10NO2/c1-11-10(12)8-3-2-4-9-7(8)5-6-13-9/h2-3H,5-6H2,1H3,(H,11,12). The van der Waals surface area contributed by atoms with Crippen LogP contribution in [-0.2, 0) is 6.42 Å². The highest BCUT2D eigenvalue weighted by molar-refractivity contribution is 5.96. The van der Waals surface area contributed by atoms with E-state index in [2.05, 4.69) is 11.4 Å². The van der Waals surface area contributed by atoms with Gasteiger partial charge in [-0.2, -0.15) is 0 Å². The van der Waals surface area contributed by atoms with Crippen molar-refractivity contribution in [3.05, 3.63) is 29.3 Å². The minimum Gasteiger partial charge on any atom is -0.492 e. The van der Waals surface area contributed by atoms with Crippen LogP contribution >= 0.6 is 0 Å². The molecule has 0 aromatic heterocycles. The molecular formula is C10H10NO2. The van der Waals surface area contributed by atoms with Gasteiger partial charge in [0.25, 0.3) is 5.91 Å². The molecule has 3 nitrogen and oxygen atoms in total. The quantitative estimate of drug-likeness (QED) is 0.686. The van der Waals surface area contributed by atoms with Gasteiger partial charge in [-0.25, -0.2) is 0 Å². The van der Waals surface area contributed by atoms with Crippen LogP contribution in [0.5, 0.6) is 5.75 Å². The molecule has 0 saturated heterocycles. The van der Waals surface area contributed by atoms with E-state index in [1.165, 1.54) is 0 Å². The molecule has 0 spiro atoms. The fourth-order valence-electron chi connectivity index (χ4n) is 1.49. The summed E-state index contributed by atoms with van der Waals surface area (Å²) in [5.74, 6) is 0.664. The maximum absolute atomic E-state index is 11.4.